The van der Waals surface area contributed by atoms with Crippen LogP contribution in [0.15, 0.2) is 45.8 Å². The van der Waals surface area contributed by atoms with Crippen molar-refractivity contribution in [3.05, 3.63) is 42.2 Å². The summed E-state index contributed by atoms with van der Waals surface area (Å²) in [5.41, 5.74) is 2.07. The molecule has 1 aromatic heterocycles. The predicted octanol–water partition coefficient (Wildman–Crippen LogP) is 4.02. The van der Waals surface area contributed by atoms with E-state index in [2.05, 4.69) is 47.3 Å². The number of morpholine rings is 1. The molecule has 134 valence electrons. The molecular formula is C20H27N3O2. The largest absolute Gasteiger partial charge is 0.460 e. The van der Waals surface area contributed by atoms with Crippen molar-refractivity contribution in [1.29, 1.82) is 0 Å². The summed E-state index contributed by atoms with van der Waals surface area (Å²) in [6.07, 6.45) is 2.82. The van der Waals surface area contributed by atoms with Crippen LogP contribution in [-0.4, -0.2) is 43.6 Å². The first-order valence-electron chi connectivity index (χ1n) is 9.02. The number of furan rings is 1. The van der Waals surface area contributed by atoms with Gasteiger partial charge in [-0.25, -0.2) is 0 Å². The third kappa shape index (κ3) is 5.18. The summed E-state index contributed by atoms with van der Waals surface area (Å²) in [4.78, 5) is 6.79. The minimum Gasteiger partial charge on any atom is -0.460 e. The molecule has 1 atom stereocenters. The molecule has 0 spiro atoms. The maximum atomic E-state index is 6.04. The van der Waals surface area contributed by atoms with Gasteiger partial charge in [0.2, 0.25) is 0 Å². The molecule has 3 rings (SSSR count). The normalized spacial score (nSPS) is 17.0. The first-order chi connectivity index (χ1) is 12.2. The fourth-order valence-corrected chi connectivity index (χ4v) is 2.70. The van der Waals surface area contributed by atoms with Gasteiger partial charge in [-0.1, -0.05) is 19.1 Å². The van der Waals surface area contributed by atoms with E-state index >= 15 is 0 Å². The van der Waals surface area contributed by atoms with Gasteiger partial charge in [-0.2, -0.15) is 0 Å². The number of hydrogen-bond acceptors (Lipinski definition) is 4. The van der Waals surface area contributed by atoms with Gasteiger partial charge in [0.25, 0.3) is 0 Å². The van der Waals surface area contributed by atoms with Crippen LogP contribution >= 0.6 is 0 Å². The SMILES string of the molecule is CCC(C)N=CNc1cccc(-c2ccc(CN3CCOCC3)o2)c1. The van der Waals surface area contributed by atoms with Crippen LogP contribution in [0.25, 0.3) is 11.3 Å². The van der Waals surface area contributed by atoms with Crippen LogP contribution in [0.3, 0.4) is 0 Å². The summed E-state index contributed by atoms with van der Waals surface area (Å²) in [6, 6.07) is 12.7. The summed E-state index contributed by atoms with van der Waals surface area (Å²) in [6.45, 7) is 8.61. The number of ether oxygens (including phenoxy) is 1. The Hall–Kier alpha value is -2.11. The number of nitrogens with zero attached hydrogens (tertiary/aromatic N) is 2. The molecule has 25 heavy (non-hydrogen) atoms. The molecule has 0 saturated carbocycles. The van der Waals surface area contributed by atoms with Crippen molar-refractivity contribution in [2.75, 3.05) is 31.6 Å². The molecule has 5 heteroatoms. The summed E-state index contributed by atoms with van der Waals surface area (Å²) in [5.74, 6) is 1.89. The zero-order chi connectivity index (χ0) is 17.5. The quantitative estimate of drug-likeness (QED) is 0.610. The number of nitrogens with one attached hydrogen (secondary N) is 1. The van der Waals surface area contributed by atoms with Crippen LogP contribution in [0.2, 0.25) is 0 Å². The third-order valence-corrected chi connectivity index (χ3v) is 4.44. The number of aliphatic imine (C=N–C) groups is 1. The van der Waals surface area contributed by atoms with Gasteiger partial charge in [-0.3, -0.25) is 9.89 Å². The Kier molecular flexibility index (Phi) is 6.25. The molecule has 2 aromatic rings. The minimum absolute atomic E-state index is 0.337. The molecule has 1 aromatic carbocycles. The summed E-state index contributed by atoms with van der Waals surface area (Å²) < 4.78 is 11.4. The van der Waals surface area contributed by atoms with E-state index < -0.39 is 0 Å². The van der Waals surface area contributed by atoms with Gasteiger partial charge in [-0.05, 0) is 37.6 Å². The van der Waals surface area contributed by atoms with Crippen molar-refractivity contribution in [2.45, 2.75) is 32.9 Å². The van der Waals surface area contributed by atoms with Gasteiger partial charge in [-0.15, -0.1) is 0 Å². The Balaban J connectivity index is 1.63. The summed E-state index contributed by atoms with van der Waals surface area (Å²) in [7, 11) is 0. The van der Waals surface area contributed by atoms with Crippen molar-refractivity contribution in [2.24, 2.45) is 4.99 Å². The van der Waals surface area contributed by atoms with Crippen molar-refractivity contribution in [3.8, 4) is 11.3 Å². The van der Waals surface area contributed by atoms with Gasteiger partial charge in [0, 0.05) is 30.4 Å². The van der Waals surface area contributed by atoms with Crippen molar-refractivity contribution in [3.63, 3.8) is 0 Å². The Morgan fingerprint density at radius 2 is 2.08 bits per heavy atom. The van der Waals surface area contributed by atoms with E-state index in [9.17, 15) is 0 Å². The zero-order valence-corrected chi connectivity index (χ0v) is 15.1. The van der Waals surface area contributed by atoms with E-state index in [1.54, 1.807) is 6.34 Å². The van der Waals surface area contributed by atoms with E-state index in [4.69, 9.17) is 9.15 Å². The molecule has 0 aliphatic carbocycles. The molecule has 1 unspecified atom stereocenters. The topological polar surface area (TPSA) is 50.0 Å². The lowest BCUT2D eigenvalue weighted by Gasteiger charge is -2.25. The second-order valence-corrected chi connectivity index (χ2v) is 6.42. The number of rotatable bonds is 7. The first kappa shape index (κ1) is 17.7. The lowest BCUT2D eigenvalue weighted by molar-refractivity contribution is 0.0314. The van der Waals surface area contributed by atoms with Crippen molar-refractivity contribution in [1.82, 2.24) is 4.90 Å². The van der Waals surface area contributed by atoms with Crippen LogP contribution in [-0.2, 0) is 11.3 Å². The van der Waals surface area contributed by atoms with E-state index in [0.29, 0.717) is 6.04 Å². The first-order valence-corrected chi connectivity index (χ1v) is 9.02. The highest BCUT2D eigenvalue weighted by Gasteiger charge is 2.13. The second kappa shape index (κ2) is 8.83. The van der Waals surface area contributed by atoms with Crippen LogP contribution in [0.1, 0.15) is 26.0 Å². The molecule has 1 saturated heterocycles. The minimum atomic E-state index is 0.337. The number of anilines is 1. The monoisotopic (exact) mass is 341 g/mol. The van der Waals surface area contributed by atoms with Crippen LogP contribution in [0.5, 0.6) is 0 Å². The molecule has 2 heterocycles. The summed E-state index contributed by atoms with van der Waals surface area (Å²) in [5, 5.41) is 3.24. The molecule has 1 fully saturated rings. The van der Waals surface area contributed by atoms with E-state index in [-0.39, 0.29) is 0 Å². The average Bonchev–Trinajstić information content (AvgIpc) is 3.11. The number of benzene rings is 1. The smallest absolute Gasteiger partial charge is 0.134 e. The van der Waals surface area contributed by atoms with E-state index in [0.717, 1.165) is 62.0 Å². The molecule has 0 amide bonds. The molecule has 1 aliphatic heterocycles. The highest BCUT2D eigenvalue weighted by molar-refractivity contribution is 5.78. The lowest BCUT2D eigenvalue weighted by Crippen LogP contribution is -2.35. The van der Waals surface area contributed by atoms with Crippen LogP contribution < -0.4 is 5.32 Å². The van der Waals surface area contributed by atoms with Crippen molar-refractivity contribution >= 4 is 12.0 Å². The van der Waals surface area contributed by atoms with Crippen molar-refractivity contribution < 1.29 is 9.15 Å². The summed E-state index contributed by atoms with van der Waals surface area (Å²) >= 11 is 0. The average molecular weight is 341 g/mol. The molecule has 1 aliphatic rings. The third-order valence-electron chi connectivity index (χ3n) is 4.44. The molecule has 0 radical (unpaired) electrons. The maximum absolute atomic E-state index is 6.04. The Bertz CT molecular complexity index is 690. The van der Waals surface area contributed by atoms with Gasteiger partial charge >= 0.3 is 0 Å². The van der Waals surface area contributed by atoms with E-state index in [1.807, 2.05) is 18.2 Å². The Morgan fingerprint density at radius 1 is 1.24 bits per heavy atom. The fraction of sp³-hybridized carbons (Fsp3) is 0.450. The van der Waals surface area contributed by atoms with Gasteiger partial charge < -0.3 is 14.5 Å². The van der Waals surface area contributed by atoms with Gasteiger partial charge in [0.15, 0.2) is 0 Å². The Morgan fingerprint density at radius 3 is 2.88 bits per heavy atom. The molecule has 0 bridgehead atoms. The van der Waals surface area contributed by atoms with E-state index in [1.165, 1.54) is 0 Å². The standard InChI is InChI=1S/C20H27N3O2/c1-3-16(2)21-15-22-18-6-4-5-17(13-18)20-8-7-19(25-20)14-23-9-11-24-12-10-23/h4-8,13,15-16H,3,9-12,14H2,1-2H3,(H,21,22). The fourth-order valence-electron chi connectivity index (χ4n) is 2.70. The highest BCUT2D eigenvalue weighted by atomic mass is 16.5. The highest BCUT2D eigenvalue weighted by Crippen LogP contribution is 2.25. The molecule has 1 N–H and O–H groups in total. The Labute approximate surface area is 149 Å². The van der Waals surface area contributed by atoms with Crippen LogP contribution in [0, 0.1) is 0 Å². The number of hydrogen-bond donors (Lipinski definition) is 1. The second-order valence-electron chi connectivity index (χ2n) is 6.42. The van der Waals surface area contributed by atoms with Crippen LogP contribution in [0.4, 0.5) is 5.69 Å². The van der Waals surface area contributed by atoms with Gasteiger partial charge in [0.05, 0.1) is 26.1 Å². The molecule has 5 nitrogen and oxygen atoms in total. The predicted molar refractivity (Wildman–Crippen MR) is 102 cm³/mol. The van der Waals surface area contributed by atoms with Gasteiger partial charge in [0.1, 0.15) is 11.5 Å². The zero-order valence-electron chi connectivity index (χ0n) is 15.1. The maximum Gasteiger partial charge on any atom is 0.134 e. The molecular weight excluding hydrogens is 314 g/mol. The lowest BCUT2D eigenvalue weighted by atomic mass is 10.1.